The van der Waals surface area contributed by atoms with Gasteiger partial charge in [-0.25, -0.2) is 4.79 Å². The average Bonchev–Trinajstić information content (AvgIpc) is 2.65. The number of urea groups is 1. The van der Waals surface area contributed by atoms with Crippen molar-refractivity contribution >= 4 is 40.6 Å². The van der Waals surface area contributed by atoms with E-state index in [2.05, 4.69) is 20.8 Å². The first-order valence-electron chi connectivity index (χ1n) is 5.52. The van der Waals surface area contributed by atoms with Gasteiger partial charge in [0.1, 0.15) is 0 Å². The molecule has 19 heavy (non-hydrogen) atoms. The van der Waals surface area contributed by atoms with Crippen LogP contribution in [0, 0.1) is 13.8 Å². The summed E-state index contributed by atoms with van der Waals surface area (Å²) in [6.45, 7) is 3.62. The van der Waals surface area contributed by atoms with Crippen LogP contribution < -0.4 is 10.6 Å². The van der Waals surface area contributed by atoms with Gasteiger partial charge in [-0.15, -0.1) is 0 Å². The molecule has 5 nitrogen and oxygen atoms in total. The Labute approximate surface area is 120 Å². The average molecular weight is 299 g/mol. The summed E-state index contributed by atoms with van der Waals surface area (Å²) >= 11 is 11.8. The highest BCUT2D eigenvalue weighted by Crippen LogP contribution is 2.25. The fourth-order valence-electron chi connectivity index (χ4n) is 1.60. The Balaban J connectivity index is 2.12. The first-order chi connectivity index (χ1) is 8.97. The van der Waals surface area contributed by atoms with Crippen LogP contribution in [-0.4, -0.2) is 16.2 Å². The minimum Gasteiger partial charge on any atom is -0.306 e. The standard InChI is InChI=1S/C12H12Cl2N4O/c1-6-11(7(2)18-17-6)16-12(19)15-10-5-8(13)3-4-9(10)14/h3-5H,1-2H3,(H,17,18)(H2,15,16,19). The monoisotopic (exact) mass is 298 g/mol. The van der Waals surface area contributed by atoms with Crippen LogP contribution in [0.4, 0.5) is 16.2 Å². The smallest absolute Gasteiger partial charge is 0.306 e. The van der Waals surface area contributed by atoms with Crippen molar-refractivity contribution in [2.24, 2.45) is 0 Å². The second-order valence-corrected chi connectivity index (χ2v) is 4.86. The topological polar surface area (TPSA) is 69.8 Å². The van der Waals surface area contributed by atoms with Gasteiger partial charge in [0.25, 0.3) is 0 Å². The third kappa shape index (κ3) is 3.19. The lowest BCUT2D eigenvalue weighted by atomic mass is 10.3. The Morgan fingerprint density at radius 1 is 1.26 bits per heavy atom. The van der Waals surface area contributed by atoms with Crippen LogP contribution in [0.15, 0.2) is 18.2 Å². The second kappa shape index (κ2) is 5.50. The predicted molar refractivity (Wildman–Crippen MR) is 77.2 cm³/mol. The van der Waals surface area contributed by atoms with Crippen LogP contribution in [0.1, 0.15) is 11.4 Å². The molecule has 7 heteroatoms. The van der Waals surface area contributed by atoms with Crippen molar-refractivity contribution in [3.63, 3.8) is 0 Å². The van der Waals surface area contributed by atoms with Gasteiger partial charge in [-0.1, -0.05) is 23.2 Å². The molecular formula is C12H12Cl2N4O. The molecule has 0 aliphatic carbocycles. The quantitative estimate of drug-likeness (QED) is 0.785. The van der Waals surface area contributed by atoms with Crippen molar-refractivity contribution in [1.82, 2.24) is 10.2 Å². The lowest BCUT2D eigenvalue weighted by molar-refractivity contribution is 0.262. The Morgan fingerprint density at radius 2 is 2.00 bits per heavy atom. The van der Waals surface area contributed by atoms with E-state index >= 15 is 0 Å². The number of aryl methyl sites for hydroxylation is 2. The van der Waals surface area contributed by atoms with Crippen molar-refractivity contribution < 1.29 is 4.79 Å². The summed E-state index contributed by atoms with van der Waals surface area (Å²) in [4.78, 5) is 11.9. The van der Waals surface area contributed by atoms with Gasteiger partial charge in [-0.3, -0.25) is 5.10 Å². The minimum atomic E-state index is -0.406. The Morgan fingerprint density at radius 3 is 2.63 bits per heavy atom. The van der Waals surface area contributed by atoms with Crippen molar-refractivity contribution in [2.45, 2.75) is 13.8 Å². The van der Waals surface area contributed by atoms with Gasteiger partial charge < -0.3 is 10.6 Å². The molecule has 0 saturated heterocycles. The summed E-state index contributed by atoms with van der Waals surface area (Å²) in [7, 11) is 0. The summed E-state index contributed by atoms with van der Waals surface area (Å²) < 4.78 is 0. The van der Waals surface area contributed by atoms with Crippen molar-refractivity contribution in [1.29, 1.82) is 0 Å². The second-order valence-electron chi connectivity index (χ2n) is 4.01. The molecule has 1 aromatic carbocycles. The van der Waals surface area contributed by atoms with Crippen LogP contribution in [0.5, 0.6) is 0 Å². The summed E-state index contributed by atoms with van der Waals surface area (Å²) in [6.07, 6.45) is 0. The van der Waals surface area contributed by atoms with Crippen LogP contribution in [-0.2, 0) is 0 Å². The number of halogens is 2. The van der Waals surface area contributed by atoms with Gasteiger partial charge >= 0.3 is 6.03 Å². The van der Waals surface area contributed by atoms with E-state index in [1.54, 1.807) is 25.1 Å². The van der Waals surface area contributed by atoms with Gasteiger partial charge in [0.2, 0.25) is 0 Å². The van der Waals surface area contributed by atoms with Gasteiger partial charge in [0.15, 0.2) is 0 Å². The summed E-state index contributed by atoms with van der Waals surface area (Å²) in [5, 5.41) is 13.0. The van der Waals surface area contributed by atoms with E-state index in [-0.39, 0.29) is 0 Å². The molecule has 1 heterocycles. The van der Waals surface area contributed by atoms with Crippen LogP contribution in [0.3, 0.4) is 0 Å². The molecule has 0 saturated carbocycles. The van der Waals surface area contributed by atoms with Crippen LogP contribution >= 0.6 is 23.2 Å². The number of hydrogen-bond donors (Lipinski definition) is 3. The lowest BCUT2D eigenvalue weighted by Gasteiger charge is -2.09. The van der Waals surface area contributed by atoms with E-state index in [4.69, 9.17) is 23.2 Å². The van der Waals surface area contributed by atoms with Gasteiger partial charge in [-0.05, 0) is 32.0 Å². The molecule has 2 rings (SSSR count). The largest absolute Gasteiger partial charge is 0.323 e. The molecule has 0 bridgehead atoms. The number of nitrogens with zero attached hydrogens (tertiary/aromatic N) is 1. The number of H-pyrrole nitrogens is 1. The number of amides is 2. The fourth-order valence-corrected chi connectivity index (χ4v) is 1.93. The summed E-state index contributed by atoms with van der Waals surface area (Å²) in [5.41, 5.74) is 2.59. The van der Waals surface area contributed by atoms with Gasteiger partial charge in [0.05, 0.1) is 27.8 Å². The maximum absolute atomic E-state index is 11.9. The maximum atomic E-state index is 11.9. The first kappa shape index (κ1) is 13.7. The fraction of sp³-hybridized carbons (Fsp3) is 0.167. The van der Waals surface area contributed by atoms with E-state index in [1.807, 2.05) is 6.92 Å². The molecule has 0 spiro atoms. The molecule has 0 aliphatic heterocycles. The van der Waals surface area contributed by atoms with E-state index in [9.17, 15) is 4.79 Å². The van der Waals surface area contributed by atoms with E-state index in [0.29, 0.717) is 27.1 Å². The highest BCUT2D eigenvalue weighted by Gasteiger charge is 2.11. The predicted octanol–water partition coefficient (Wildman–Crippen LogP) is 3.98. The number of carbonyl (C=O) groups is 1. The van der Waals surface area contributed by atoms with E-state index in [1.165, 1.54) is 0 Å². The molecule has 0 atom stereocenters. The minimum absolute atomic E-state index is 0.406. The third-order valence-electron chi connectivity index (χ3n) is 2.54. The molecule has 0 fully saturated rings. The van der Waals surface area contributed by atoms with Crippen LogP contribution in [0.25, 0.3) is 0 Å². The van der Waals surface area contributed by atoms with E-state index < -0.39 is 6.03 Å². The first-order valence-corrected chi connectivity index (χ1v) is 6.27. The zero-order valence-electron chi connectivity index (χ0n) is 10.3. The Bertz CT molecular complexity index is 605. The van der Waals surface area contributed by atoms with Crippen molar-refractivity contribution in [2.75, 3.05) is 10.6 Å². The number of carbonyl (C=O) groups excluding carboxylic acids is 1. The Kier molecular flexibility index (Phi) is 3.97. The molecule has 0 aliphatic rings. The highest BCUT2D eigenvalue weighted by atomic mass is 35.5. The van der Waals surface area contributed by atoms with Crippen molar-refractivity contribution in [3.8, 4) is 0 Å². The highest BCUT2D eigenvalue weighted by molar-refractivity contribution is 6.35. The molecule has 0 unspecified atom stereocenters. The number of aromatic nitrogens is 2. The summed E-state index contributed by atoms with van der Waals surface area (Å²) in [5.74, 6) is 0. The third-order valence-corrected chi connectivity index (χ3v) is 3.11. The molecule has 100 valence electrons. The summed E-state index contributed by atoms with van der Waals surface area (Å²) in [6, 6.07) is 4.45. The SMILES string of the molecule is Cc1n[nH]c(C)c1NC(=O)Nc1cc(Cl)ccc1Cl. The zero-order valence-corrected chi connectivity index (χ0v) is 11.9. The Hall–Kier alpha value is -1.72. The van der Waals surface area contributed by atoms with Gasteiger partial charge in [0, 0.05) is 5.02 Å². The molecular weight excluding hydrogens is 287 g/mol. The maximum Gasteiger partial charge on any atom is 0.323 e. The number of anilines is 2. The molecule has 0 radical (unpaired) electrons. The zero-order chi connectivity index (χ0) is 14.0. The molecule has 2 aromatic rings. The number of aromatic amines is 1. The number of rotatable bonds is 2. The number of benzene rings is 1. The number of nitrogens with one attached hydrogen (secondary N) is 3. The lowest BCUT2D eigenvalue weighted by Crippen LogP contribution is -2.20. The molecule has 1 aromatic heterocycles. The van der Waals surface area contributed by atoms with Gasteiger partial charge in [-0.2, -0.15) is 5.10 Å². The normalized spacial score (nSPS) is 10.3. The van der Waals surface area contributed by atoms with E-state index in [0.717, 1.165) is 5.69 Å². The van der Waals surface area contributed by atoms with Crippen LogP contribution in [0.2, 0.25) is 10.0 Å². The molecule has 2 amide bonds. The van der Waals surface area contributed by atoms with Crippen molar-refractivity contribution in [3.05, 3.63) is 39.6 Å². The number of hydrogen-bond acceptors (Lipinski definition) is 2. The molecule has 3 N–H and O–H groups in total.